The smallest absolute Gasteiger partial charge is 0.125 e. The molecule has 0 aromatic carbocycles. The van der Waals surface area contributed by atoms with E-state index in [2.05, 4.69) is 131 Å². The molecule has 42 heavy (non-hydrogen) atoms. The van der Waals surface area contributed by atoms with E-state index in [0.717, 1.165) is 34.3 Å². The number of aryl methyl sites for hydroxylation is 4. The van der Waals surface area contributed by atoms with Crippen LogP contribution in [0, 0.1) is 69.2 Å². The number of hydrogen-bond donors (Lipinski definition) is 0. The molecule has 0 N–H and O–H groups in total. The Morgan fingerprint density at radius 1 is 0.333 bits per heavy atom. The van der Waals surface area contributed by atoms with Crippen molar-refractivity contribution in [2.24, 2.45) is 0 Å². The van der Waals surface area contributed by atoms with Crippen LogP contribution in [-0.2, 0) is 16.2 Å². The van der Waals surface area contributed by atoms with Crippen molar-refractivity contribution >= 4 is 0 Å². The highest BCUT2D eigenvalue weighted by atomic mass is 15.1. The molecule has 5 heteroatoms. The second kappa shape index (κ2) is 15.2. The molecule has 0 aliphatic carbocycles. The largest absolute Gasteiger partial charge is 0.257 e. The van der Waals surface area contributed by atoms with Crippen molar-refractivity contribution in [3.63, 3.8) is 0 Å². The fourth-order valence-corrected chi connectivity index (χ4v) is 4.73. The van der Waals surface area contributed by atoms with E-state index in [1.165, 1.54) is 39.1 Å². The highest BCUT2D eigenvalue weighted by molar-refractivity contribution is 5.40. The maximum Gasteiger partial charge on any atom is 0.125 e. The third-order valence-corrected chi connectivity index (χ3v) is 7.70. The van der Waals surface area contributed by atoms with Gasteiger partial charge in [0.05, 0.1) is 17.1 Å². The number of nitrogens with zero attached hydrogens (tertiary/aromatic N) is 5. The molecule has 0 aliphatic rings. The molecule has 0 fully saturated rings. The van der Waals surface area contributed by atoms with Gasteiger partial charge in [-0.2, -0.15) is 10.2 Å². The van der Waals surface area contributed by atoms with E-state index in [1.54, 1.807) is 0 Å². The summed E-state index contributed by atoms with van der Waals surface area (Å²) in [6.07, 6.45) is 0. The summed E-state index contributed by atoms with van der Waals surface area (Å²) in [5, 5.41) is 8.42. The van der Waals surface area contributed by atoms with Gasteiger partial charge >= 0.3 is 0 Å². The van der Waals surface area contributed by atoms with Gasteiger partial charge in [0, 0.05) is 33.3 Å². The van der Waals surface area contributed by atoms with Crippen LogP contribution >= 0.6 is 0 Å². The van der Waals surface area contributed by atoms with Gasteiger partial charge in [-0.1, -0.05) is 77.2 Å². The van der Waals surface area contributed by atoms with Crippen molar-refractivity contribution in [3.05, 3.63) is 73.4 Å². The van der Waals surface area contributed by atoms with E-state index < -0.39 is 0 Å². The highest BCUT2D eigenvalue weighted by Gasteiger charge is 2.22. The van der Waals surface area contributed by atoms with Gasteiger partial charge in [0.1, 0.15) is 5.82 Å². The van der Waals surface area contributed by atoms with Crippen LogP contribution in [0.25, 0.3) is 0 Å². The fraction of sp³-hybridized carbons (Fsp3) is 0.649. The molecule has 3 rings (SSSR count). The molecular weight excluding hydrogens is 514 g/mol. The van der Waals surface area contributed by atoms with Gasteiger partial charge in [-0.25, -0.2) is 9.97 Å². The minimum atomic E-state index is 0. The minimum absolute atomic E-state index is 0. The molecule has 0 aliphatic heterocycles. The predicted molar refractivity (Wildman–Crippen MR) is 185 cm³/mol. The van der Waals surface area contributed by atoms with Crippen LogP contribution in [0.3, 0.4) is 0 Å². The third kappa shape index (κ3) is 10.5. The molecule has 3 aromatic heterocycles. The lowest BCUT2D eigenvalue weighted by Crippen LogP contribution is -2.17. The van der Waals surface area contributed by atoms with E-state index in [4.69, 9.17) is 4.98 Å². The van der Waals surface area contributed by atoms with Crippen molar-refractivity contribution in [2.45, 2.75) is 163 Å². The highest BCUT2D eigenvalue weighted by Crippen LogP contribution is 2.28. The Balaban J connectivity index is 0. The summed E-state index contributed by atoms with van der Waals surface area (Å²) in [7, 11) is 0. The SMILES string of the molecule is C.C.Cc1nc(C(C)(C)C)c(C)c(C)c1C.Cc1nc(C)c(C)c(C(C)(C)C)n1.Cc1nnc(C(C)(C)C)c(C)c1C. The summed E-state index contributed by atoms with van der Waals surface area (Å²) in [6.45, 7) is 40.6. The van der Waals surface area contributed by atoms with Crippen LogP contribution in [0.4, 0.5) is 0 Å². The summed E-state index contributed by atoms with van der Waals surface area (Å²) in [5.41, 5.74) is 15.0. The van der Waals surface area contributed by atoms with Gasteiger partial charge in [0.2, 0.25) is 0 Å². The quantitative estimate of drug-likeness (QED) is 0.265. The summed E-state index contributed by atoms with van der Waals surface area (Å²) in [5.74, 6) is 0.869. The normalized spacial score (nSPS) is 11.3. The molecule has 3 aromatic rings. The Labute approximate surface area is 260 Å². The topological polar surface area (TPSA) is 64.5 Å². The monoisotopic (exact) mass is 580 g/mol. The van der Waals surface area contributed by atoms with Gasteiger partial charge < -0.3 is 0 Å². The van der Waals surface area contributed by atoms with Gasteiger partial charge in [-0.05, 0) is 103 Å². The van der Waals surface area contributed by atoms with Crippen LogP contribution in [-0.4, -0.2) is 25.1 Å². The number of hydrogen-bond acceptors (Lipinski definition) is 5. The molecule has 0 saturated heterocycles. The third-order valence-electron chi connectivity index (χ3n) is 7.70. The van der Waals surface area contributed by atoms with Crippen molar-refractivity contribution < 1.29 is 0 Å². The zero-order valence-corrected chi connectivity index (χ0v) is 29.2. The van der Waals surface area contributed by atoms with Crippen molar-refractivity contribution in [2.75, 3.05) is 0 Å². The molecule has 0 saturated carbocycles. The lowest BCUT2D eigenvalue weighted by molar-refractivity contribution is 0.550. The van der Waals surface area contributed by atoms with Gasteiger partial charge in [-0.3, -0.25) is 4.98 Å². The maximum absolute atomic E-state index is 4.70. The van der Waals surface area contributed by atoms with E-state index in [9.17, 15) is 0 Å². The second-order valence-electron chi connectivity index (χ2n) is 14.4. The minimum Gasteiger partial charge on any atom is -0.257 e. The predicted octanol–water partition coefficient (Wildman–Crippen LogP) is 10.3. The molecule has 3 heterocycles. The first-order valence-corrected chi connectivity index (χ1v) is 14.5. The molecule has 0 radical (unpaired) electrons. The first kappa shape index (κ1) is 41.4. The average Bonchev–Trinajstić information content (AvgIpc) is 2.79. The molecule has 0 atom stereocenters. The Hall–Kier alpha value is -2.69. The lowest BCUT2D eigenvalue weighted by atomic mass is 9.86. The van der Waals surface area contributed by atoms with E-state index in [-0.39, 0.29) is 31.1 Å². The maximum atomic E-state index is 4.70. The summed E-state index contributed by atoms with van der Waals surface area (Å²) in [6, 6.07) is 0. The Morgan fingerprint density at radius 2 is 0.690 bits per heavy atom. The molecule has 0 unspecified atom stereocenters. The molecular formula is C37H65N5. The first-order valence-electron chi connectivity index (χ1n) is 14.5. The standard InChI is InChI=1S/C13H21N.2C11H18N2.2CH4/c1-8-9(2)11(4)14-12(10(8)3)13(5,6)7;1-7-8(2)12-9(3)13-10(7)11(4,5)6;1-7-8(2)10(11(4,5)6)13-12-9(7)3;;/h1-7H3;2*1-6H3;2*1H4. The van der Waals surface area contributed by atoms with Crippen molar-refractivity contribution in [1.29, 1.82) is 0 Å². The molecule has 0 amide bonds. The van der Waals surface area contributed by atoms with Crippen LogP contribution in [0.2, 0.25) is 0 Å². The molecule has 238 valence electrons. The van der Waals surface area contributed by atoms with Crippen LogP contribution < -0.4 is 0 Å². The summed E-state index contributed by atoms with van der Waals surface area (Å²) >= 11 is 0. The fourth-order valence-electron chi connectivity index (χ4n) is 4.73. The Morgan fingerprint density at radius 3 is 1.12 bits per heavy atom. The average molecular weight is 580 g/mol. The second-order valence-corrected chi connectivity index (χ2v) is 14.4. The first-order chi connectivity index (χ1) is 17.9. The molecule has 5 nitrogen and oxygen atoms in total. The van der Waals surface area contributed by atoms with Crippen LogP contribution in [0.1, 0.15) is 151 Å². The summed E-state index contributed by atoms with van der Waals surface area (Å²) in [4.78, 5) is 13.5. The number of pyridine rings is 1. The van der Waals surface area contributed by atoms with E-state index >= 15 is 0 Å². The van der Waals surface area contributed by atoms with Gasteiger partial charge in [0.25, 0.3) is 0 Å². The number of aromatic nitrogens is 5. The van der Waals surface area contributed by atoms with Crippen molar-refractivity contribution in [3.8, 4) is 0 Å². The van der Waals surface area contributed by atoms with Crippen molar-refractivity contribution in [1.82, 2.24) is 25.1 Å². The number of rotatable bonds is 0. The van der Waals surface area contributed by atoms with Crippen LogP contribution in [0.15, 0.2) is 0 Å². The lowest BCUT2D eigenvalue weighted by Gasteiger charge is -2.23. The summed E-state index contributed by atoms with van der Waals surface area (Å²) < 4.78 is 0. The Bertz CT molecular complexity index is 1330. The zero-order valence-electron chi connectivity index (χ0n) is 29.2. The van der Waals surface area contributed by atoms with Gasteiger partial charge in [-0.15, -0.1) is 0 Å². The molecule has 0 spiro atoms. The Kier molecular flexibility index (Phi) is 15.0. The van der Waals surface area contributed by atoms with E-state index in [1.807, 2.05) is 20.8 Å². The van der Waals surface area contributed by atoms with E-state index in [0.29, 0.717) is 0 Å². The van der Waals surface area contributed by atoms with Gasteiger partial charge in [0.15, 0.2) is 0 Å². The zero-order chi connectivity index (χ0) is 31.5. The molecule has 0 bridgehead atoms. The van der Waals surface area contributed by atoms with Crippen LogP contribution in [0.5, 0.6) is 0 Å².